The van der Waals surface area contributed by atoms with Gasteiger partial charge in [-0.1, -0.05) is 6.92 Å². The zero-order valence-electron chi connectivity index (χ0n) is 11.4. The van der Waals surface area contributed by atoms with Crippen LogP contribution in [0.5, 0.6) is 0 Å². The normalized spacial score (nSPS) is 22.7. The molecule has 0 aromatic carbocycles. The third-order valence-electron chi connectivity index (χ3n) is 3.50. The fourth-order valence-electron chi connectivity index (χ4n) is 2.44. The molecule has 1 heterocycles. The molecule has 2 atom stereocenters. The summed E-state index contributed by atoms with van der Waals surface area (Å²) in [6, 6.07) is 0.456. The molecule has 2 unspecified atom stereocenters. The summed E-state index contributed by atoms with van der Waals surface area (Å²) in [7, 11) is 0. The fourth-order valence-corrected chi connectivity index (χ4v) is 3.66. The maximum atomic E-state index is 12.1. The van der Waals surface area contributed by atoms with E-state index in [9.17, 15) is 4.79 Å². The van der Waals surface area contributed by atoms with Crippen LogP contribution in [0.15, 0.2) is 15.5 Å². The largest absolute Gasteiger partial charge is 0.380 e. The lowest BCUT2D eigenvalue weighted by Gasteiger charge is -2.15. The highest BCUT2D eigenvalue weighted by Gasteiger charge is 2.24. The minimum absolute atomic E-state index is 0.0498. The first-order valence-electron chi connectivity index (χ1n) is 6.70. The van der Waals surface area contributed by atoms with Crippen molar-refractivity contribution in [3.05, 3.63) is 21.0 Å². The summed E-state index contributed by atoms with van der Waals surface area (Å²) in [4.78, 5) is 12.1. The number of thioether (sulfide) groups is 1. The number of hydrogen-bond acceptors (Lipinski definition) is 4. The van der Waals surface area contributed by atoms with Gasteiger partial charge in [0, 0.05) is 17.8 Å². The molecule has 1 aliphatic carbocycles. The lowest BCUT2D eigenvalue weighted by molar-refractivity contribution is 0.565. The van der Waals surface area contributed by atoms with Gasteiger partial charge in [-0.15, -0.1) is 0 Å². The van der Waals surface area contributed by atoms with Gasteiger partial charge in [0.05, 0.1) is 11.9 Å². The van der Waals surface area contributed by atoms with Crippen molar-refractivity contribution < 1.29 is 0 Å². The quantitative estimate of drug-likeness (QED) is 0.890. The number of aryl methyl sites for hydroxylation is 1. The van der Waals surface area contributed by atoms with Crippen molar-refractivity contribution in [1.82, 2.24) is 9.78 Å². The highest BCUT2D eigenvalue weighted by molar-refractivity contribution is 9.10. The Morgan fingerprint density at radius 1 is 1.58 bits per heavy atom. The van der Waals surface area contributed by atoms with Crippen LogP contribution in [0.3, 0.4) is 0 Å². The summed E-state index contributed by atoms with van der Waals surface area (Å²) in [6.07, 6.45) is 8.40. The van der Waals surface area contributed by atoms with Crippen LogP contribution < -0.4 is 10.9 Å². The van der Waals surface area contributed by atoms with E-state index in [4.69, 9.17) is 0 Å². The fraction of sp³-hybridized carbons (Fsp3) is 0.692. The number of rotatable bonds is 5. The van der Waals surface area contributed by atoms with E-state index in [2.05, 4.69) is 32.6 Å². The number of nitrogens with zero attached hydrogens (tertiary/aromatic N) is 2. The second-order valence-electron chi connectivity index (χ2n) is 4.91. The summed E-state index contributed by atoms with van der Waals surface area (Å²) in [5.74, 6) is 0. The van der Waals surface area contributed by atoms with E-state index in [1.165, 1.54) is 11.1 Å². The van der Waals surface area contributed by atoms with Crippen molar-refractivity contribution in [3.63, 3.8) is 0 Å². The average Bonchev–Trinajstić information content (AvgIpc) is 2.86. The van der Waals surface area contributed by atoms with Crippen molar-refractivity contribution in [2.75, 3.05) is 11.6 Å². The molecule has 0 radical (unpaired) electrons. The maximum absolute atomic E-state index is 12.1. The molecule has 1 aliphatic rings. The molecule has 2 rings (SSSR count). The van der Waals surface area contributed by atoms with Gasteiger partial charge in [0.15, 0.2) is 0 Å². The van der Waals surface area contributed by atoms with E-state index in [1.807, 2.05) is 18.7 Å². The predicted molar refractivity (Wildman–Crippen MR) is 85.1 cm³/mol. The number of nitrogens with one attached hydrogen (secondary N) is 1. The molecule has 4 nitrogen and oxygen atoms in total. The van der Waals surface area contributed by atoms with Crippen LogP contribution in [-0.4, -0.2) is 27.3 Å². The van der Waals surface area contributed by atoms with Gasteiger partial charge in [0.1, 0.15) is 4.47 Å². The summed E-state index contributed by atoms with van der Waals surface area (Å²) in [5.41, 5.74) is 0.773. The van der Waals surface area contributed by atoms with E-state index in [-0.39, 0.29) is 5.56 Å². The minimum atomic E-state index is -0.0498. The van der Waals surface area contributed by atoms with Gasteiger partial charge >= 0.3 is 0 Å². The highest BCUT2D eigenvalue weighted by atomic mass is 79.9. The van der Waals surface area contributed by atoms with E-state index >= 15 is 0 Å². The molecule has 0 amide bonds. The van der Waals surface area contributed by atoms with Crippen molar-refractivity contribution in [2.24, 2.45) is 0 Å². The minimum Gasteiger partial charge on any atom is -0.380 e. The number of anilines is 1. The second kappa shape index (κ2) is 6.79. The first-order chi connectivity index (χ1) is 9.15. The Labute approximate surface area is 126 Å². The number of halogens is 1. The van der Waals surface area contributed by atoms with Crippen LogP contribution >= 0.6 is 27.7 Å². The van der Waals surface area contributed by atoms with Crippen LogP contribution in [0.4, 0.5) is 5.69 Å². The average molecular weight is 346 g/mol. The molecule has 106 valence electrons. The topological polar surface area (TPSA) is 46.9 Å². The lowest BCUT2D eigenvalue weighted by atomic mass is 10.2. The molecular formula is C13H20BrN3OS. The number of hydrogen-bond donors (Lipinski definition) is 1. The summed E-state index contributed by atoms with van der Waals surface area (Å²) < 4.78 is 2.11. The molecule has 0 spiro atoms. The van der Waals surface area contributed by atoms with Crippen molar-refractivity contribution in [1.29, 1.82) is 0 Å². The highest BCUT2D eigenvalue weighted by Crippen LogP contribution is 2.31. The Hall–Kier alpha value is -0.490. The van der Waals surface area contributed by atoms with Gasteiger partial charge in [-0.2, -0.15) is 16.9 Å². The first kappa shape index (κ1) is 14.9. The summed E-state index contributed by atoms with van der Waals surface area (Å²) in [6.45, 7) is 2.70. The second-order valence-corrected chi connectivity index (χ2v) is 6.84. The van der Waals surface area contributed by atoms with Crippen molar-refractivity contribution in [2.45, 2.75) is 50.4 Å². The molecular weight excluding hydrogens is 326 g/mol. The monoisotopic (exact) mass is 345 g/mol. The van der Waals surface area contributed by atoms with E-state index in [0.29, 0.717) is 17.1 Å². The first-order valence-corrected chi connectivity index (χ1v) is 8.78. The zero-order valence-corrected chi connectivity index (χ0v) is 13.8. The van der Waals surface area contributed by atoms with Crippen LogP contribution in [0.2, 0.25) is 0 Å². The van der Waals surface area contributed by atoms with Gasteiger partial charge in [-0.25, -0.2) is 4.68 Å². The summed E-state index contributed by atoms with van der Waals surface area (Å²) in [5, 5.41) is 8.40. The van der Waals surface area contributed by atoms with Gasteiger partial charge < -0.3 is 5.32 Å². The van der Waals surface area contributed by atoms with Crippen LogP contribution in [-0.2, 0) is 6.54 Å². The molecule has 1 fully saturated rings. The Bertz CT molecular complexity index is 491. The Morgan fingerprint density at radius 2 is 2.37 bits per heavy atom. The van der Waals surface area contributed by atoms with E-state index in [0.717, 1.165) is 30.2 Å². The molecule has 1 aromatic heterocycles. The lowest BCUT2D eigenvalue weighted by Crippen LogP contribution is -2.26. The number of aromatic nitrogens is 2. The third-order valence-corrected chi connectivity index (χ3v) is 5.36. The summed E-state index contributed by atoms with van der Waals surface area (Å²) >= 11 is 5.33. The molecule has 1 N–H and O–H groups in total. The SMILES string of the molecule is CCCn1ncc(NC2CCC(SC)C2)c(Br)c1=O. The standard InChI is InChI=1S/C13H20BrN3OS/c1-3-6-17-13(18)12(14)11(8-15-17)16-9-4-5-10(7-9)19-2/h8-10,16H,3-7H2,1-2H3. The smallest absolute Gasteiger partial charge is 0.283 e. The molecule has 0 bridgehead atoms. The van der Waals surface area contributed by atoms with Crippen LogP contribution in [0, 0.1) is 0 Å². The molecule has 19 heavy (non-hydrogen) atoms. The Morgan fingerprint density at radius 3 is 3.00 bits per heavy atom. The van der Waals surface area contributed by atoms with E-state index < -0.39 is 0 Å². The molecule has 0 aliphatic heterocycles. The molecule has 1 aromatic rings. The maximum Gasteiger partial charge on any atom is 0.283 e. The van der Waals surface area contributed by atoms with Crippen molar-refractivity contribution in [3.8, 4) is 0 Å². The molecule has 6 heteroatoms. The van der Waals surface area contributed by atoms with Gasteiger partial charge in [0.25, 0.3) is 5.56 Å². The van der Waals surface area contributed by atoms with Crippen LogP contribution in [0.25, 0.3) is 0 Å². The predicted octanol–water partition coefficient (Wildman–Crippen LogP) is 3.11. The van der Waals surface area contributed by atoms with Gasteiger partial charge in [-0.3, -0.25) is 4.79 Å². The molecule has 1 saturated carbocycles. The Balaban J connectivity index is 2.09. The Kier molecular flexibility index (Phi) is 5.33. The van der Waals surface area contributed by atoms with Crippen molar-refractivity contribution >= 4 is 33.4 Å². The van der Waals surface area contributed by atoms with Crippen LogP contribution in [0.1, 0.15) is 32.6 Å². The van der Waals surface area contributed by atoms with E-state index in [1.54, 1.807) is 6.20 Å². The zero-order chi connectivity index (χ0) is 13.8. The molecule has 0 saturated heterocycles. The van der Waals surface area contributed by atoms with Gasteiger partial charge in [-0.05, 0) is 47.9 Å². The van der Waals surface area contributed by atoms with Gasteiger partial charge in [0.2, 0.25) is 0 Å². The third kappa shape index (κ3) is 3.54.